The van der Waals surface area contributed by atoms with Gasteiger partial charge in [0.1, 0.15) is 5.82 Å². The lowest BCUT2D eigenvalue weighted by atomic mass is 10.1. The van der Waals surface area contributed by atoms with Crippen molar-refractivity contribution in [2.24, 2.45) is 0 Å². The molecule has 0 aromatic heterocycles. The third-order valence-electron chi connectivity index (χ3n) is 3.89. The molecule has 6 heteroatoms. The van der Waals surface area contributed by atoms with E-state index in [0.717, 1.165) is 0 Å². The second-order valence-electron chi connectivity index (χ2n) is 5.25. The van der Waals surface area contributed by atoms with E-state index in [1.807, 2.05) is 0 Å². The maximum absolute atomic E-state index is 14.0. The summed E-state index contributed by atoms with van der Waals surface area (Å²) >= 11 is 5.81. The second-order valence-corrected chi connectivity index (χ2v) is 7.58. The van der Waals surface area contributed by atoms with Crippen molar-refractivity contribution in [2.45, 2.75) is 23.8 Å². The lowest BCUT2D eigenvalue weighted by Gasteiger charge is -2.24. The minimum atomic E-state index is -3.66. The van der Waals surface area contributed by atoms with E-state index >= 15 is 0 Å². The normalized spacial score (nSPS) is 19.5. The van der Waals surface area contributed by atoms with Crippen molar-refractivity contribution in [1.82, 2.24) is 4.31 Å². The molecule has 116 valence electrons. The van der Waals surface area contributed by atoms with Crippen molar-refractivity contribution in [3.63, 3.8) is 0 Å². The number of benzene rings is 2. The predicted molar refractivity (Wildman–Crippen MR) is 83.7 cm³/mol. The van der Waals surface area contributed by atoms with E-state index in [1.54, 1.807) is 30.3 Å². The highest BCUT2D eigenvalue weighted by molar-refractivity contribution is 7.89. The van der Waals surface area contributed by atoms with Gasteiger partial charge in [-0.2, -0.15) is 4.31 Å². The summed E-state index contributed by atoms with van der Waals surface area (Å²) in [6.07, 6.45) is 1.33. The highest BCUT2D eigenvalue weighted by Crippen LogP contribution is 2.37. The van der Waals surface area contributed by atoms with Gasteiger partial charge in [-0.1, -0.05) is 29.8 Å². The minimum Gasteiger partial charge on any atom is -0.207 e. The molecule has 1 aliphatic rings. The fraction of sp³-hybridized carbons (Fsp3) is 0.250. The zero-order chi connectivity index (χ0) is 15.7. The topological polar surface area (TPSA) is 37.4 Å². The summed E-state index contributed by atoms with van der Waals surface area (Å²) in [4.78, 5) is 0.181. The molecule has 0 N–H and O–H groups in total. The standard InChI is InChI=1S/C16H15ClFNO2S/c17-12-7-9-13(10-8-12)22(20,21)19-11-3-6-16(19)14-4-1-2-5-15(14)18/h1-2,4-5,7-10,16H,3,6,11H2/t16-/m0/s1. The van der Waals surface area contributed by atoms with Crippen molar-refractivity contribution in [3.8, 4) is 0 Å². The molecule has 22 heavy (non-hydrogen) atoms. The molecule has 1 aliphatic heterocycles. The number of hydrogen-bond donors (Lipinski definition) is 0. The summed E-state index contributed by atoms with van der Waals surface area (Å²) < 4.78 is 41.0. The minimum absolute atomic E-state index is 0.181. The first-order chi connectivity index (χ1) is 10.5. The summed E-state index contributed by atoms with van der Waals surface area (Å²) in [6.45, 7) is 0.393. The van der Waals surface area contributed by atoms with Gasteiger partial charge in [0.25, 0.3) is 0 Å². The van der Waals surface area contributed by atoms with Gasteiger partial charge in [-0.05, 0) is 43.2 Å². The second kappa shape index (κ2) is 5.99. The van der Waals surface area contributed by atoms with Gasteiger partial charge in [0.05, 0.1) is 10.9 Å². The third kappa shape index (κ3) is 2.76. The molecule has 0 radical (unpaired) electrons. The summed E-state index contributed by atoms with van der Waals surface area (Å²) in [6, 6.07) is 11.9. The molecule has 0 amide bonds. The molecule has 0 bridgehead atoms. The Labute approximate surface area is 134 Å². The molecule has 0 spiro atoms. The van der Waals surface area contributed by atoms with Crippen molar-refractivity contribution >= 4 is 21.6 Å². The zero-order valence-corrected chi connectivity index (χ0v) is 13.3. The van der Waals surface area contributed by atoms with E-state index < -0.39 is 16.1 Å². The van der Waals surface area contributed by atoms with Crippen LogP contribution >= 0.6 is 11.6 Å². The van der Waals surface area contributed by atoms with Crippen LogP contribution in [0.2, 0.25) is 5.02 Å². The molecule has 1 atom stereocenters. The number of rotatable bonds is 3. The van der Waals surface area contributed by atoms with Crippen LogP contribution in [0.1, 0.15) is 24.4 Å². The van der Waals surface area contributed by atoms with Crippen LogP contribution in [0.5, 0.6) is 0 Å². The molecule has 1 saturated heterocycles. The number of nitrogens with zero attached hydrogens (tertiary/aromatic N) is 1. The fourth-order valence-electron chi connectivity index (χ4n) is 2.83. The van der Waals surface area contributed by atoms with Crippen molar-refractivity contribution in [3.05, 3.63) is 64.9 Å². The molecule has 1 fully saturated rings. The first kappa shape index (κ1) is 15.5. The first-order valence-corrected chi connectivity index (χ1v) is 8.84. The molecule has 0 aliphatic carbocycles. The van der Waals surface area contributed by atoms with Gasteiger partial charge in [-0.25, -0.2) is 12.8 Å². The van der Waals surface area contributed by atoms with Crippen LogP contribution in [-0.4, -0.2) is 19.3 Å². The molecule has 2 aromatic rings. The zero-order valence-electron chi connectivity index (χ0n) is 11.7. The van der Waals surface area contributed by atoms with Crippen LogP contribution in [0.4, 0.5) is 4.39 Å². The maximum Gasteiger partial charge on any atom is 0.243 e. The Morgan fingerprint density at radius 1 is 1.09 bits per heavy atom. The van der Waals surface area contributed by atoms with Crippen LogP contribution in [-0.2, 0) is 10.0 Å². The van der Waals surface area contributed by atoms with E-state index in [4.69, 9.17) is 11.6 Å². The summed E-state index contributed by atoms with van der Waals surface area (Å²) in [7, 11) is -3.66. The van der Waals surface area contributed by atoms with Crippen molar-refractivity contribution < 1.29 is 12.8 Å². The average Bonchev–Trinajstić information content (AvgIpc) is 2.98. The Bertz CT molecular complexity index is 777. The molecule has 1 heterocycles. The van der Waals surface area contributed by atoms with Crippen LogP contribution in [0.25, 0.3) is 0 Å². The van der Waals surface area contributed by atoms with Gasteiger partial charge >= 0.3 is 0 Å². The predicted octanol–water partition coefficient (Wildman–Crippen LogP) is 4.00. The van der Waals surface area contributed by atoms with Crippen molar-refractivity contribution in [1.29, 1.82) is 0 Å². The molecule has 2 aromatic carbocycles. The molecule has 0 saturated carbocycles. The summed E-state index contributed by atoms with van der Waals surface area (Å²) in [5.41, 5.74) is 0.428. The number of halogens is 2. The lowest BCUT2D eigenvalue weighted by molar-refractivity contribution is 0.386. The SMILES string of the molecule is O=S(=O)(c1ccc(Cl)cc1)N1CCC[C@H]1c1ccccc1F. The van der Waals surface area contributed by atoms with Crippen LogP contribution in [0.15, 0.2) is 53.4 Å². The highest BCUT2D eigenvalue weighted by atomic mass is 35.5. The Hall–Kier alpha value is -1.43. The monoisotopic (exact) mass is 339 g/mol. The van der Waals surface area contributed by atoms with Crippen LogP contribution < -0.4 is 0 Å². The Morgan fingerprint density at radius 3 is 2.45 bits per heavy atom. The van der Waals surface area contributed by atoms with E-state index in [0.29, 0.717) is 30.0 Å². The van der Waals surface area contributed by atoms with Gasteiger partial charge in [-0.15, -0.1) is 0 Å². The fourth-order valence-corrected chi connectivity index (χ4v) is 4.63. The van der Waals surface area contributed by atoms with E-state index in [1.165, 1.54) is 22.5 Å². The molecular formula is C16H15ClFNO2S. The molecule has 3 nitrogen and oxygen atoms in total. The quantitative estimate of drug-likeness (QED) is 0.847. The van der Waals surface area contributed by atoms with Crippen molar-refractivity contribution in [2.75, 3.05) is 6.54 Å². The van der Waals surface area contributed by atoms with Gasteiger partial charge in [0, 0.05) is 17.1 Å². The van der Waals surface area contributed by atoms with Crippen LogP contribution in [0.3, 0.4) is 0 Å². The molecule has 0 unspecified atom stereocenters. The highest BCUT2D eigenvalue weighted by Gasteiger charge is 2.37. The molecule has 3 rings (SSSR count). The summed E-state index contributed by atoms with van der Waals surface area (Å²) in [5.74, 6) is -0.370. The largest absolute Gasteiger partial charge is 0.243 e. The Balaban J connectivity index is 1.99. The number of sulfonamides is 1. The number of hydrogen-bond acceptors (Lipinski definition) is 2. The van der Waals surface area contributed by atoms with E-state index in [2.05, 4.69) is 0 Å². The summed E-state index contributed by atoms with van der Waals surface area (Å²) in [5, 5.41) is 0.478. The van der Waals surface area contributed by atoms with Gasteiger partial charge in [-0.3, -0.25) is 0 Å². The van der Waals surface area contributed by atoms with Crippen LogP contribution in [0, 0.1) is 5.82 Å². The van der Waals surface area contributed by atoms with Gasteiger partial charge in [0.15, 0.2) is 0 Å². The van der Waals surface area contributed by atoms with Gasteiger partial charge < -0.3 is 0 Å². The van der Waals surface area contributed by atoms with E-state index in [-0.39, 0.29) is 10.7 Å². The Morgan fingerprint density at radius 2 is 1.77 bits per heavy atom. The van der Waals surface area contributed by atoms with E-state index in [9.17, 15) is 12.8 Å². The maximum atomic E-state index is 14.0. The smallest absolute Gasteiger partial charge is 0.207 e. The first-order valence-electron chi connectivity index (χ1n) is 7.02. The average molecular weight is 340 g/mol. The molecular weight excluding hydrogens is 325 g/mol. The van der Waals surface area contributed by atoms with Gasteiger partial charge in [0.2, 0.25) is 10.0 Å². The lowest BCUT2D eigenvalue weighted by Crippen LogP contribution is -2.31. The Kier molecular flexibility index (Phi) is 4.21. The third-order valence-corrected chi connectivity index (χ3v) is 6.06.